The van der Waals surface area contributed by atoms with Crippen molar-refractivity contribution in [3.8, 4) is 0 Å². The van der Waals surface area contributed by atoms with Gasteiger partial charge in [-0.1, -0.05) is 90.0 Å². The molecule has 1 heteroatoms. The van der Waals surface area contributed by atoms with Gasteiger partial charge in [0.25, 0.3) is 0 Å². The quantitative estimate of drug-likeness (QED) is 0.332. The number of rotatable bonds is 14. The lowest BCUT2D eigenvalue weighted by Gasteiger charge is -2.33. The summed E-state index contributed by atoms with van der Waals surface area (Å²) in [5.41, 5.74) is 10.3. The summed E-state index contributed by atoms with van der Waals surface area (Å²) in [6.07, 6.45) is 18.2. The first-order valence-corrected chi connectivity index (χ1v) is 12.0. The normalized spacial score (nSPS) is 17.9. The number of hydrogen-bond acceptors (Lipinski definition) is 1. The van der Waals surface area contributed by atoms with Gasteiger partial charge in [-0.05, 0) is 67.9 Å². The zero-order chi connectivity index (χ0) is 19.5. The molecule has 0 heterocycles. The number of nitrogens with two attached hydrogens (primary N) is 1. The fourth-order valence-corrected chi connectivity index (χ4v) is 5.19. The maximum atomic E-state index is 6.97. The lowest BCUT2D eigenvalue weighted by Crippen LogP contribution is -2.40. The molecule has 154 valence electrons. The van der Waals surface area contributed by atoms with Crippen molar-refractivity contribution in [2.75, 3.05) is 0 Å². The minimum absolute atomic E-state index is 0.0765. The van der Waals surface area contributed by atoms with Crippen molar-refractivity contribution in [2.24, 2.45) is 11.7 Å². The van der Waals surface area contributed by atoms with Gasteiger partial charge in [-0.3, -0.25) is 0 Å². The van der Waals surface area contributed by atoms with Gasteiger partial charge in [0, 0.05) is 5.54 Å². The lowest BCUT2D eigenvalue weighted by atomic mass is 9.76. The van der Waals surface area contributed by atoms with Crippen molar-refractivity contribution >= 4 is 0 Å². The van der Waals surface area contributed by atoms with E-state index >= 15 is 0 Å². The van der Waals surface area contributed by atoms with E-state index in [2.05, 4.69) is 45.0 Å². The van der Waals surface area contributed by atoms with E-state index in [1.807, 2.05) is 0 Å². The van der Waals surface area contributed by atoms with E-state index in [9.17, 15) is 0 Å². The molecule has 1 nitrogen and oxygen atoms in total. The summed E-state index contributed by atoms with van der Waals surface area (Å²) in [5, 5.41) is 0. The maximum absolute atomic E-state index is 6.97. The van der Waals surface area contributed by atoms with Gasteiger partial charge in [-0.2, -0.15) is 0 Å². The molecule has 27 heavy (non-hydrogen) atoms. The first kappa shape index (κ1) is 22.5. The van der Waals surface area contributed by atoms with Crippen LogP contribution in [0.3, 0.4) is 0 Å². The van der Waals surface area contributed by atoms with Gasteiger partial charge in [-0.25, -0.2) is 0 Å². The van der Waals surface area contributed by atoms with Gasteiger partial charge >= 0.3 is 0 Å². The Bertz CT molecular complexity index is 513. The van der Waals surface area contributed by atoms with E-state index < -0.39 is 0 Å². The van der Waals surface area contributed by atoms with E-state index in [1.54, 1.807) is 11.1 Å². The molecule has 1 aliphatic rings. The Morgan fingerprint density at radius 2 is 1.56 bits per heavy atom. The second kappa shape index (κ2) is 11.9. The third-order valence-electron chi connectivity index (χ3n) is 7.00. The summed E-state index contributed by atoms with van der Waals surface area (Å²) < 4.78 is 0. The number of benzene rings is 1. The molecule has 2 N–H and O–H groups in total. The first-order valence-electron chi connectivity index (χ1n) is 12.0. The topological polar surface area (TPSA) is 26.0 Å². The Hall–Kier alpha value is -0.820. The number of hydrogen-bond donors (Lipinski definition) is 1. The van der Waals surface area contributed by atoms with Gasteiger partial charge in [0.2, 0.25) is 0 Å². The second-order valence-electron chi connectivity index (χ2n) is 9.21. The summed E-state index contributed by atoms with van der Waals surface area (Å²) in [6, 6.07) is 9.22. The highest BCUT2D eigenvalue weighted by molar-refractivity contribution is 5.35. The van der Waals surface area contributed by atoms with E-state index in [-0.39, 0.29) is 5.54 Å². The van der Waals surface area contributed by atoms with Crippen molar-refractivity contribution in [3.63, 3.8) is 0 Å². The van der Waals surface area contributed by atoms with Crippen molar-refractivity contribution < 1.29 is 0 Å². The molecule has 1 aromatic carbocycles. The molecule has 0 fully saturated rings. The number of fused-ring (bicyclic) bond motifs is 1. The molecular formula is C26H45N. The van der Waals surface area contributed by atoms with E-state index in [4.69, 9.17) is 5.73 Å². The standard InChI is InChI=1S/C26H45N/c1-4-7-10-13-23(25-17-16-22-14-11-12-15-24(22)25)18-21-26(27,19-8-5-2)20-9-6-3/h11-12,14-15,23,25H,4-10,13,16-21,27H2,1-3H3. The first-order chi connectivity index (χ1) is 13.1. The van der Waals surface area contributed by atoms with E-state index in [0.717, 1.165) is 11.8 Å². The van der Waals surface area contributed by atoms with Gasteiger partial charge in [-0.15, -0.1) is 0 Å². The van der Waals surface area contributed by atoms with Crippen LogP contribution in [0.4, 0.5) is 0 Å². The van der Waals surface area contributed by atoms with Crippen LogP contribution in [0.1, 0.15) is 121 Å². The fourth-order valence-electron chi connectivity index (χ4n) is 5.19. The number of unbranched alkanes of at least 4 members (excludes halogenated alkanes) is 4. The SMILES string of the molecule is CCCCCC(CCC(N)(CCCC)CCCC)C1CCc2ccccc21. The van der Waals surface area contributed by atoms with Gasteiger partial charge in [0.05, 0.1) is 0 Å². The molecule has 0 radical (unpaired) electrons. The lowest BCUT2D eigenvalue weighted by molar-refractivity contribution is 0.262. The summed E-state index contributed by atoms with van der Waals surface area (Å²) in [5.74, 6) is 1.60. The molecule has 0 aliphatic heterocycles. The van der Waals surface area contributed by atoms with Crippen LogP contribution in [0.2, 0.25) is 0 Å². The zero-order valence-corrected chi connectivity index (χ0v) is 18.4. The molecule has 2 rings (SSSR count). The third-order valence-corrected chi connectivity index (χ3v) is 7.00. The Kier molecular flexibility index (Phi) is 9.90. The molecule has 0 saturated carbocycles. The molecule has 2 unspecified atom stereocenters. The van der Waals surface area contributed by atoms with Crippen LogP contribution in [-0.2, 0) is 6.42 Å². The van der Waals surface area contributed by atoms with E-state index in [1.165, 1.54) is 89.9 Å². The van der Waals surface area contributed by atoms with Gasteiger partial charge < -0.3 is 5.73 Å². The summed E-state index contributed by atoms with van der Waals surface area (Å²) >= 11 is 0. The molecule has 1 aromatic rings. The Balaban J connectivity index is 2.04. The van der Waals surface area contributed by atoms with Crippen LogP contribution in [0.25, 0.3) is 0 Å². The predicted molar refractivity (Wildman–Crippen MR) is 120 cm³/mol. The highest BCUT2D eigenvalue weighted by Gasteiger charge is 2.31. The van der Waals surface area contributed by atoms with Crippen LogP contribution in [0.15, 0.2) is 24.3 Å². The Morgan fingerprint density at radius 1 is 0.889 bits per heavy atom. The highest BCUT2D eigenvalue weighted by Crippen LogP contribution is 2.43. The fraction of sp³-hybridized carbons (Fsp3) is 0.769. The average Bonchev–Trinajstić information content (AvgIpc) is 3.12. The maximum Gasteiger partial charge on any atom is 0.0154 e. The number of aryl methyl sites for hydroxylation is 1. The smallest absolute Gasteiger partial charge is 0.0154 e. The van der Waals surface area contributed by atoms with Gasteiger partial charge in [0.15, 0.2) is 0 Å². The van der Waals surface area contributed by atoms with Crippen LogP contribution in [0.5, 0.6) is 0 Å². The van der Waals surface area contributed by atoms with Gasteiger partial charge in [0.1, 0.15) is 0 Å². The van der Waals surface area contributed by atoms with E-state index in [0.29, 0.717) is 0 Å². The summed E-state index contributed by atoms with van der Waals surface area (Å²) in [4.78, 5) is 0. The van der Waals surface area contributed by atoms with Crippen molar-refractivity contribution in [3.05, 3.63) is 35.4 Å². The zero-order valence-electron chi connectivity index (χ0n) is 18.4. The third kappa shape index (κ3) is 6.93. The average molecular weight is 372 g/mol. The molecule has 0 bridgehead atoms. The van der Waals surface area contributed by atoms with Crippen molar-refractivity contribution in [1.82, 2.24) is 0 Å². The molecular weight excluding hydrogens is 326 g/mol. The van der Waals surface area contributed by atoms with Crippen LogP contribution in [0, 0.1) is 5.92 Å². The molecule has 1 aliphatic carbocycles. The molecule has 0 amide bonds. The van der Waals surface area contributed by atoms with Crippen LogP contribution in [-0.4, -0.2) is 5.54 Å². The second-order valence-corrected chi connectivity index (χ2v) is 9.21. The monoisotopic (exact) mass is 371 g/mol. The minimum Gasteiger partial charge on any atom is -0.325 e. The van der Waals surface area contributed by atoms with Crippen LogP contribution >= 0.6 is 0 Å². The highest BCUT2D eigenvalue weighted by atomic mass is 14.7. The molecule has 2 atom stereocenters. The Labute approximate surface area is 169 Å². The minimum atomic E-state index is 0.0765. The largest absolute Gasteiger partial charge is 0.325 e. The van der Waals surface area contributed by atoms with Crippen molar-refractivity contribution in [1.29, 1.82) is 0 Å². The molecule has 0 spiro atoms. The van der Waals surface area contributed by atoms with Crippen molar-refractivity contribution in [2.45, 2.75) is 122 Å². The predicted octanol–water partition coefficient (Wildman–Crippen LogP) is 7.77. The molecule has 0 saturated heterocycles. The summed E-state index contributed by atoms with van der Waals surface area (Å²) in [7, 11) is 0. The molecule has 0 aromatic heterocycles. The summed E-state index contributed by atoms with van der Waals surface area (Å²) in [6.45, 7) is 6.91. The van der Waals surface area contributed by atoms with Crippen LogP contribution < -0.4 is 5.73 Å². The Morgan fingerprint density at radius 3 is 2.22 bits per heavy atom.